The van der Waals surface area contributed by atoms with Gasteiger partial charge in [-0.25, -0.2) is 4.79 Å². The number of hydrogen-bond donors (Lipinski definition) is 2. The van der Waals surface area contributed by atoms with Gasteiger partial charge in [0, 0.05) is 32.1 Å². The summed E-state index contributed by atoms with van der Waals surface area (Å²) in [5, 5.41) is 0.647. The van der Waals surface area contributed by atoms with Crippen LogP contribution in [0.4, 0.5) is 4.79 Å². The van der Waals surface area contributed by atoms with Crippen molar-refractivity contribution in [3.05, 3.63) is 0 Å². The number of nitrogens with two attached hydrogens (primary N) is 1. The van der Waals surface area contributed by atoms with Crippen molar-refractivity contribution in [1.29, 1.82) is 0 Å². The molecule has 3 amide bonds. The lowest BCUT2D eigenvalue weighted by atomic mass is 9.91. The van der Waals surface area contributed by atoms with Crippen LogP contribution >= 0.6 is 0 Å². The molecule has 3 rings (SSSR count). The molecule has 0 aromatic carbocycles. The van der Waals surface area contributed by atoms with Gasteiger partial charge >= 0.3 is 16.4 Å². The minimum Gasteiger partial charge on any atom is -0.339 e. The SMILES string of the molecule is NCCN1C[C@@H]2C[C@@H]3CN(C(=O)N3OS(=O)(=O)O)[C@@H]2C1=O. The fourth-order valence-corrected chi connectivity index (χ4v) is 3.81. The van der Waals surface area contributed by atoms with Crippen molar-refractivity contribution in [2.45, 2.75) is 18.5 Å². The molecular weight excluding hydrogens is 304 g/mol. The number of nitrogens with zero attached hydrogens (tertiary/aromatic N) is 3. The van der Waals surface area contributed by atoms with E-state index in [4.69, 9.17) is 10.3 Å². The van der Waals surface area contributed by atoms with Gasteiger partial charge in [-0.1, -0.05) is 0 Å². The Morgan fingerprint density at radius 1 is 1.33 bits per heavy atom. The molecule has 3 aliphatic heterocycles. The van der Waals surface area contributed by atoms with Gasteiger partial charge in [0.15, 0.2) is 0 Å². The van der Waals surface area contributed by atoms with Crippen molar-refractivity contribution >= 4 is 22.3 Å². The molecule has 0 aromatic rings. The number of fused-ring (bicyclic) bond motifs is 4. The van der Waals surface area contributed by atoms with E-state index in [2.05, 4.69) is 4.28 Å². The fourth-order valence-electron chi connectivity index (χ4n) is 3.42. The summed E-state index contributed by atoms with van der Waals surface area (Å²) in [6.07, 6.45) is 0.440. The van der Waals surface area contributed by atoms with Gasteiger partial charge in [0.05, 0.1) is 6.04 Å². The van der Waals surface area contributed by atoms with E-state index in [1.807, 2.05) is 0 Å². The molecule has 3 saturated heterocycles. The first-order valence-corrected chi connectivity index (χ1v) is 7.94. The zero-order valence-corrected chi connectivity index (χ0v) is 11.9. The van der Waals surface area contributed by atoms with Crippen molar-refractivity contribution in [2.75, 3.05) is 26.2 Å². The van der Waals surface area contributed by atoms with Crippen LogP contribution in [0.15, 0.2) is 0 Å². The molecule has 3 N–H and O–H groups in total. The summed E-state index contributed by atoms with van der Waals surface area (Å²) in [5.41, 5.74) is 5.46. The molecule has 0 aromatic heterocycles. The maximum Gasteiger partial charge on any atom is 0.418 e. The van der Waals surface area contributed by atoms with Gasteiger partial charge in [-0.15, -0.1) is 4.28 Å². The molecule has 0 radical (unpaired) electrons. The van der Waals surface area contributed by atoms with Crippen LogP contribution < -0.4 is 5.73 Å². The highest BCUT2D eigenvalue weighted by atomic mass is 32.3. The quantitative estimate of drug-likeness (QED) is 0.573. The third-order valence-electron chi connectivity index (χ3n) is 4.12. The Morgan fingerprint density at radius 2 is 2.05 bits per heavy atom. The largest absolute Gasteiger partial charge is 0.418 e. The second kappa shape index (κ2) is 4.80. The molecule has 3 atom stereocenters. The Morgan fingerprint density at radius 3 is 2.67 bits per heavy atom. The minimum absolute atomic E-state index is 0.0817. The summed E-state index contributed by atoms with van der Waals surface area (Å²) in [7, 11) is -4.77. The highest BCUT2D eigenvalue weighted by molar-refractivity contribution is 7.80. The maximum absolute atomic E-state index is 12.3. The average molecular weight is 320 g/mol. The number of urea groups is 1. The topological polar surface area (TPSA) is 133 Å². The first-order chi connectivity index (χ1) is 9.81. The summed E-state index contributed by atoms with van der Waals surface area (Å²) >= 11 is 0. The molecule has 10 nitrogen and oxygen atoms in total. The van der Waals surface area contributed by atoms with E-state index in [0.717, 1.165) is 0 Å². The lowest BCUT2D eigenvalue weighted by Crippen LogP contribution is -2.48. The zero-order chi connectivity index (χ0) is 15.4. The number of amides is 3. The van der Waals surface area contributed by atoms with Crippen molar-refractivity contribution in [3.8, 4) is 0 Å². The zero-order valence-electron chi connectivity index (χ0n) is 11.1. The van der Waals surface area contributed by atoms with Gasteiger partial charge in [-0.05, 0) is 6.42 Å². The Hall–Kier alpha value is -1.43. The second-order valence-corrected chi connectivity index (χ2v) is 6.43. The van der Waals surface area contributed by atoms with Crippen LogP contribution in [0.5, 0.6) is 0 Å². The smallest absolute Gasteiger partial charge is 0.339 e. The maximum atomic E-state index is 12.3. The highest BCUT2D eigenvalue weighted by Gasteiger charge is 2.57. The predicted molar refractivity (Wildman–Crippen MR) is 67.9 cm³/mol. The number of carbonyl (C=O) groups is 2. The lowest BCUT2D eigenvalue weighted by Gasteiger charge is -2.30. The summed E-state index contributed by atoms with van der Waals surface area (Å²) in [4.78, 5) is 27.4. The van der Waals surface area contributed by atoms with Crippen molar-refractivity contribution in [3.63, 3.8) is 0 Å². The van der Waals surface area contributed by atoms with E-state index < -0.39 is 28.5 Å². The summed E-state index contributed by atoms with van der Waals surface area (Å²) in [6.45, 7) is 1.47. The van der Waals surface area contributed by atoms with Crippen molar-refractivity contribution < 1.29 is 26.8 Å². The summed E-state index contributed by atoms with van der Waals surface area (Å²) in [5.74, 6) is -0.257. The van der Waals surface area contributed by atoms with E-state index in [9.17, 15) is 18.0 Å². The molecule has 0 aliphatic carbocycles. The van der Waals surface area contributed by atoms with Gasteiger partial charge in [0.25, 0.3) is 0 Å². The van der Waals surface area contributed by atoms with Crippen LogP contribution in [-0.2, 0) is 19.5 Å². The van der Waals surface area contributed by atoms with Crippen molar-refractivity contribution in [1.82, 2.24) is 14.9 Å². The summed E-state index contributed by atoms with van der Waals surface area (Å²) < 4.78 is 34.7. The van der Waals surface area contributed by atoms with Gasteiger partial charge in [0.2, 0.25) is 5.91 Å². The van der Waals surface area contributed by atoms with Gasteiger partial charge in [-0.3, -0.25) is 9.35 Å². The van der Waals surface area contributed by atoms with E-state index in [1.54, 1.807) is 4.90 Å². The predicted octanol–water partition coefficient (Wildman–Crippen LogP) is -1.98. The number of likely N-dealkylation sites (tertiary alicyclic amines) is 1. The van der Waals surface area contributed by atoms with Gasteiger partial charge in [-0.2, -0.15) is 13.5 Å². The molecule has 3 aliphatic rings. The molecule has 3 fully saturated rings. The Bertz CT molecular complexity index is 580. The van der Waals surface area contributed by atoms with E-state index in [0.29, 0.717) is 31.1 Å². The molecule has 11 heteroatoms. The molecule has 21 heavy (non-hydrogen) atoms. The van der Waals surface area contributed by atoms with Gasteiger partial charge in [0.1, 0.15) is 6.04 Å². The standard InChI is InChI=1S/C10H16N4O6S/c11-1-2-12-4-6-3-7-5-13(8(6)9(12)15)10(16)14(7)20-21(17,18)19/h6-8H,1-5,11H2,(H,17,18,19)/t6-,7+,8-/m0/s1. The monoisotopic (exact) mass is 320 g/mol. The highest BCUT2D eigenvalue weighted by Crippen LogP contribution is 2.38. The van der Waals surface area contributed by atoms with E-state index >= 15 is 0 Å². The van der Waals surface area contributed by atoms with E-state index in [-0.39, 0.29) is 18.4 Å². The Labute approximate surface area is 121 Å². The normalized spacial score (nSPS) is 32.1. The van der Waals surface area contributed by atoms with Crippen molar-refractivity contribution in [2.24, 2.45) is 11.7 Å². The molecule has 3 heterocycles. The van der Waals surface area contributed by atoms with Crippen LogP contribution in [0.3, 0.4) is 0 Å². The van der Waals surface area contributed by atoms with Crippen LogP contribution in [-0.4, -0.2) is 78.0 Å². The number of hydrogen-bond acceptors (Lipinski definition) is 6. The van der Waals surface area contributed by atoms with Gasteiger partial charge < -0.3 is 15.5 Å². The van der Waals surface area contributed by atoms with Crippen LogP contribution in [0, 0.1) is 5.92 Å². The molecule has 0 unspecified atom stereocenters. The number of piperidine rings is 1. The first kappa shape index (κ1) is 14.5. The molecule has 0 spiro atoms. The van der Waals surface area contributed by atoms with Crippen LogP contribution in [0.1, 0.15) is 6.42 Å². The number of carbonyl (C=O) groups excluding carboxylic acids is 2. The second-order valence-electron chi connectivity index (χ2n) is 5.43. The Kier molecular flexibility index (Phi) is 3.31. The average Bonchev–Trinajstić information content (AvgIpc) is 2.81. The number of rotatable bonds is 4. The lowest BCUT2D eigenvalue weighted by molar-refractivity contribution is -0.131. The Balaban J connectivity index is 1.81. The molecule has 0 saturated carbocycles. The fraction of sp³-hybridized carbons (Fsp3) is 0.800. The molecule has 2 bridgehead atoms. The number of hydroxylamine groups is 2. The molecule has 118 valence electrons. The molecular formula is C10H16N4O6S. The van der Waals surface area contributed by atoms with Crippen LogP contribution in [0.2, 0.25) is 0 Å². The third-order valence-corrected chi connectivity index (χ3v) is 4.47. The van der Waals surface area contributed by atoms with Crippen LogP contribution in [0.25, 0.3) is 0 Å². The third kappa shape index (κ3) is 2.35. The van der Waals surface area contributed by atoms with E-state index in [1.165, 1.54) is 4.90 Å². The summed E-state index contributed by atoms with van der Waals surface area (Å²) in [6, 6.07) is -1.81. The first-order valence-electron chi connectivity index (χ1n) is 6.57. The minimum atomic E-state index is -4.77.